The van der Waals surface area contributed by atoms with E-state index in [0.717, 1.165) is 26.1 Å². The van der Waals surface area contributed by atoms with Crippen LogP contribution in [0.3, 0.4) is 0 Å². The number of hydrogen-bond acceptors (Lipinski definition) is 4. The second kappa shape index (κ2) is 6.19. The summed E-state index contributed by atoms with van der Waals surface area (Å²) in [5.74, 6) is 0.283. The van der Waals surface area contributed by atoms with E-state index in [9.17, 15) is 9.59 Å². The molecule has 3 atom stereocenters. The lowest BCUT2D eigenvalue weighted by atomic mass is 9.89. The molecule has 0 radical (unpaired) electrons. The molecule has 3 unspecified atom stereocenters. The Kier molecular flexibility index (Phi) is 4.32. The number of Topliss-reactive ketones (excluding diaryl/α,β-unsaturated/α-hetero) is 1. The molecule has 20 heavy (non-hydrogen) atoms. The molecule has 3 rings (SSSR count). The minimum Gasteiger partial charge on any atom is -0.312 e. The van der Waals surface area contributed by atoms with Crippen molar-refractivity contribution in [3.63, 3.8) is 0 Å². The molecule has 0 amide bonds. The molecule has 1 N–H and O–H groups in total. The van der Waals surface area contributed by atoms with E-state index in [1.165, 1.54) is 37.7 Å². The van der Waals surface area contributed by atoms with E-state index in [2.05, 4.69) is 16.3 Å². The summed E-state index contributed by atoms with van der Waals surface area (Å²) in [6.07, 6.45) is 10.1. The third-order valence-electron chi connectivity index (χ3n) is 5.04. The van der Waals surface area contributed by atoms with E-state index >= 15 is 0 Å². The van der Waals surface area contributed by atoms with Gasteiger partial charge in [0.05, 0.1) is 6.04 Å². The van der Waals surface area contributed by atoms with Gasteiger partial charge in [-0.3, -0.25) is 14.5 Å². The molecule has 3 aliphatic rings. The maximum atomic E-state index is 12.1. The zero-order chi connectivity index (χ0) is 13.9. The Labute approximate surface area is 120 Å². The van der Waals surface area contributed by atoms with Crippen molar-refractivity contribution in [1.29, 1.82) is 0 Å². The van der Waals surface area contributed by atoms with Crippen molar-refractivity contribution >= 4 is 12.1 Å². The van der Waals surface area contributed by atoms with E-state index in [1.54, 1.807) is 0 Å². The topological polar surface area (TPSA) is 49.4 Å². The third kappa shape index (κ3) is 2.72. The molecule has 2 saturated heterocycles. The minimum atomic E-state index is -0.247. The van der Waals surface area contributed by atoms with Crippen LogP contribution in [0, 0.1) is 5.92 Å². The van der Waals surface area contributed by atoms with Gasteiger partial charge in [-0.2, -0.15) is 0 Å². The van der Waals surface area contributed by atoms with Gasteiger partial charge in [-0.15, -0.1) is 0 Å². The summed E-state index contributed by atoms with van der Waals surface area (Å²) in [5.41, 5.74) is 1.46. The van der Waals surface area contributed by atoms with Gasteiger partial charge in [0.1, 0.15) is 0 Å². The van der Waals surface area contributed by atoms with E-state index < -0.39 is 0 Å². The second-order valence-electron chi connectivity index (χ2n) is 6.38. The van der Waals surface area contributed by atoms with Crippen molar-refractivity contribution < 1.29 is 9.59 Å². The van der Waals surface area contributed by atoms with Crippen LogP contribution in [0.25, 0.3) is 0 Å². The van der Waals surface area contributed by atoms with Crippen LogP contribution in [0.5, 0.6) is 0 Å². The van der Waals surface area contributed by atoms with Crippen LogP contribution in [0.2, 0.25) is 0 Å². The Morgan fingerprint density at radius 3 is 3.05 bits per heavy atom. The highest BCUT2D eigenvalue weighted by atomic mass is 16.2. The van der Waals surface area contributed by atoms with Gasteiger partial charge < -0.3 is 5.32 Å². The first kappa shape index (κ1) is 14.0. The summed E-state index contributed by atoms with van der Waals surface area (Å²) in [4.78, 5) is 25.3. The Morgan fingerprint density at radius 1 is 1.40 bits per heavy atom. The molecule has 110 valence electrons. The van der Waals surface area contributed by atoms with Crippen molar-refractivity contribution in [2.45, 2.75) is 50.6 Å². The highest BCUT2D eigenvalue weighted by Crippen LogP contribution is 2.32. The number of carbonyl (C=O) groups is 2. The van der Waals surface area contributed by atoms with Crippen molar-refractivity contribution in [2.24, 2.45) is 5.92 Å². The number of fused-ring (bicyclic) bond motifs is 1. The fraction of sp³-hybridized carbons (Fsp3) is 0.750. The number of nitrogens with one attached hydrogen (secondary N) is 1. The van der Waals surface area contributed by atoms with Crippen LogP contribution < -0.4 is 5.32 Å². The highest BCUT2D eigenvalue weighted by Gasteiger charge is 2.45. The number of carbonyl (C=O) groups excluding carboxylic acids is 2. The summed E-state index contributed by atoms with van der Waals surface area (Å²) >= 11 is 0. The lowest BCUT2D eigenvalue weighted by molar-refractivity contribution is -0.133. The predicted octanol–water partition coefficient (Wildman–Crippen LogP) is 1.31. The molecule has 1 aliphatic carbocycles. The Balaban J connectivity index is 1.75. The van der Waals surface area contributed by atoms with Crippen LogP contribution in [0.4, 0.5) is 0 Å². The fourth-order valence-electron chi connectivity index (χ4n) is 4.09. The van der Waals surface area contributed by atoms with E-state index in [4.69, 9.17) is 0 Å². The zero-order valence-electron chi connectivity index (χ0n) is 12.0. The van der Waals surface area contributed by atoms with E-state index in [-0.39, 0.29) is 17.9 Å². The molecule has 0 aromatic heterocycles. The zero-order valence-corrected chi connectivity index (χ0v) is 12.0. The lowest BCUT2D eigenvalue weighted by Gasteiger charge is -2.30. The minimum absolute atomic E-state index is 0.186. The Hall–Kier alpha value is -1.00. The van der Waals surface area contributed by atoms with Crippen molar-refractivity contribution in [3.8, 4) is 0 Å². The number of likely N-dealkylation sites (tertiary alicyclic amines) is 1. The monoisotopic (exact) mass is 276 g/mol. The van der Waals surface area contributed by atoms with Crippen LogP contribution in [-0.4, -0.2) is 48.7 Å². The first-order valence-corrected chi connectivity index (χ1v) is 7.94. The molecule has 4 heteroatoms. The number of aldehydes is 1. The van der Waals surface area contributed by atoms with Gasteiger partial charge >= 0.3 is 0 Å². The summed E-state index contributed by atoms with van der Waals surface area (Å²) in [5, 5.41) is 3.47. The predicted molar refractivity (Wildman–Crippen MR) is 77.5 cm³/mol. The van der Waals surface area contributed by atoms with Gasteiger partial charge in [-0.25, -0.2) is 0 Å². The summed E-state index contributed by atoms with van der Waals surface area (Å²) < 4.78 is 0. The Bertz CT molecular complexity index is 419. The number of ketones is 1. The summed E-state index contributed by atoms with van der Waals surface area (Å²) in [6.45, 7) is 2.80. The number of hydrogen-bond donors (Lipinski definition) is 1. The average Bonchev–Trinajstić information content (AvgIpc) is 2.85. The van der Waals surface area contributed by atoms with Gasteiger partial charge in [0.2, 0.25) is 5.78 Å². The molecule has 0 aromatic rings. The first-order valence-electron chi connectivity index (χ1n) is 7.94. The molecule has 2 heterocycles. The molecule has 2 fully saturated rings. The first-order chi connectivity index (χ1) is 9.79. The van der Waals surface area contributed by atoms with Gasteiger partial charge in [0.25, 0.3) is 0 Å². The van der Waals surface area contributed by atoms with Gasteiger partial charge in [0, 0.05) is 19.1 Å². The van der Waals surface area contributed by atoms with Crippen molar-refractivity contribution in [3.05, 3.63) is 11.6 Å². The molecule has 0 saturated carbocycles. The van der Waals surface area contributed by atoms with Crippen LogP contribution in [0.15, 0.2) is 11.6 Å². The maximum absolute atomic E-state index is 12.1. The molecule has 2 aliphatic heterocycles. The van der Waals surface area contributed by atoms with E-state index in [1.807, 2.05) is 0 Å². The number of piperidine rings is 1. The molecular formula is C16H24N2O2. The van der Waals surface area contributed by atoms with Crippen molar-refractivity contribution in [1.82, 2.24) is 10.2 Å². The van der Waals surface area contributed by atoms with Crippen LogP contribution >= 0.6 is 0 Å². The normalized spacial score (nSPS) is 34.4. The molecule has 0 aromatic carbocycles. The lowest BCUT2D eigenvalue weighted by Crippen LogP contribution is -2.51. The average molecular weight is 276 g/mol. The highest BCUT2D eigenvalue weighted by molar-refractivity contribution is 6.27. The summed E-state index contributed by atoms with van der Waals surface area (Å²) in [6, 6.07) is -0.0498. The standard InChI is InChI=1S/C16H24N2O2/c19-11-14(20)16-15-13(7-4-8-17-15)10-18(16)9-12-5-2-1-3-6-12/h5,11,13,15-17H,1-4,6-10H2. The van der Waals surface area contributed by atoms with E-state index in [0.29, 0.717) is 12.2 Å². The molecule has 0 spiro atoms. The number of rotatable bonds is 4. The quantitative estimate of drug-likeness (QED) is 0.478. The second-order valence-corrected chi connectivity index (χ2v) is 6.38. The SMILES string of the molecule is O=CC(=O)C1C2NCCCC2CN1CC1=CCCCC1. The van der Waals surface area contributed by atoms with Crippen LogP contribution in [-0.2, 0) is 9.59 Å². The van der Waals surface area contributed by atoms with Gasteiger partial charge in [0.15, 0.2) is 6.29 Å². The largest absolute Gasteiger partial charge is 0.312 e. The number of allylic oxidation sites excluding steroid dienone is 1. The van der Waals surface area contributed by atoms with Crippen LogP contribution in [0.1, 0.15) is 38.5 Å². The number of nitrogens with zero attached hydrogens (tertiary/aromatic N) is 1. The third-order valence-corrected chi connectivity index (χ3v) is 5.04. The summed E-state index contributed by atoms with van der Waals surface area (Å²) in [7, 11) is 0. The smallest absolute Gasteiger partial charge is 0.213 e. The maximum Gasteiger partial charge on any atom is 0.213 e. The molecule has 0 bridgehead atoms. The van der Waals surface area contributed by atoms with Gasteiger partial charge in [-0.1, -0.05) is 11.6 Å². The van der Waals surface area contributed by atoms with Crippen molar-refractivity contribution in [2.75, 3.05) is 19.6 Å². The fourth-order valence-corrected chi connectivity index (χ4v) is 4.09. The molecule has 4 nitrogen and oxygen atoms in total. The molecular weight excluding hydrogens is 252 g/mol. The Morgan fingerprint density at radius 2 is 2.30 bits per heavy atom. The van der Waals surface area contributed by atoms with Gasteiger partial charge in [-0.05, 0) is 51.0 Å².